The molecule has 2 nitrogen and oxygen atoms in total. The predicted octanol–water partition coefficient (Wildman–Crippen LogP) is 13.5. The summed E-state index contributed by atoms with van der Waals surface area (Å²) in [5.41, 5.74) is 8.24. The molecule has 0 saturated carbocycles. The zero-order valence-electron chi connectivity index (χ0n) is 32.1. The van der Waals surface area contributed by atoms with Crippen molar-refractivity contribution in [1.29, 1.82) is 0 Å². The summed E-state index contributed by atoms with van der Waals surface area (Å²) in [7, 11) is 0. The Morgan fingerprint density at radius 2 is 0.942 bits per heavy atom. The first kappa shape index (κ1) is 25.1. The van der Waals surface area contributed by atoms with Gasteiger partial charge in [-0.05, 0) is 92.3 Å². The van der Waals surface area contributed by atoms with Crippen molar-refractivity contribution in [3.8, 4) is 33.6 Å². The van der Waals surface area contributed by atoms with E-state index < -0.39 is 0 Å². The number of aromatic nitrogens is 2. The number of fused-ring (bicyclic) bond motifs is 9. The molecule has 0 spiro atoms. The van der Waals surface area contributed by atoms with Crippen LogP contribution in [0, 0.1) is 0 Å². The van der Waals surface area contributed by atoms with Gasteiger partial charge in [0.1, 0.15) is 0 Å². The van der Waals surface area contributed by atoms with Crippen LogP contribution in [0.15, 0.2) is 194 Å². The lowest BCUT2D eigenvalue weighted by Crippen LogP contribution is -1.96. The van der Waals surface area contributed by atoms with Crippen LogP contribution in [0.3, 0.4) is 0 Å². The fraction of sp³-hybridized carbons (Fsp3) is 0. The fourth-order valence-electron chi connectivity index (χ4n) is 8.20. The zero-order chi connectivity index (χ0) is 37.7. The molecule has 0 aliphatic rings. The smallest absolute Gasteiger partial charge is 0.0645 e. The van der Waals surface area contributed by atoms with Gasteiger partial charge in [0.15, 0.2) is 0 Å². The van der Waals surface area contributed by atoms with E-state index in [9.17, 15) is 5.48 Å². The molecule has 0 fully saturated rings. The highest BCUT2D eigenvalue weighted by Crippen LogP contribution is 2.42. The molecule has 2 heterocycles. The molecule has 0 N–H and O–H groups in total. The summed E-state index contributed by atoms with van der Waals surface area (Å²) in [5.74, 6) is 0. The van der Waals surface area contributed by atoms with E-state index in [1.54, 1.807) is 0 Å². The number of para-hydroxylation sites is 1. The third-order valence-electron chi connectivity index (χ3n) is 10.6. The van der Waals surface area contributed by atoms with E-state index in [1.165, 1.54) is 5.39 Å². The molecular formula is C50H32N2. The topological polar surface area (TPSA) is 9.86 Å². The second kappa shape index (κ2) is 11.3. The van der Waals surface area contributed by atoms with Gasteiger partial charge in [0, 0.05) is 32.9 Å². The van der Waals surface area contributed by atoms with E-state index >= 15 is 0 Å². The van der Waals surface area contributed by atoms with Gasteiger partial charge in [-0.25, -0.2) is 0 Å². The number of hydrogen-bond donors (Lipinski definition) is 0. The standard InChI is InChI=1S/C50H32N2/c1-2-11-33(12-3-1)34-21-26-39(27-22-34)52-47-30-25-36-14-5-7-17-42(36)50(47)45-31-44-43-18-8-9-20-46(43)51(48(44)32-49(45)52)38-28-23-37(24-29-38)41-19-10-15-35-13-4-6-16-40(35)41/h1-32H/i23D,24D,28D,29D. The third kappa shape index (κ3) is 4.31. The van der Waals surface area contributed by atoms with Gasteiger partial charge >= 0.3 is 0 Å². The van der Waals surface area contributed by atoms with Crippen molar-refractivity contribution in [3.05, 3.63) is 194 Å². The van der Waals surface area contributed by atoms with Crippen molar-refractivity contribution >= 4 is 65.2 Å². The maximum absolute atomic E-state index is 9.55. The lowest BCUT2D eigenvalue weighted by atomic mass is 9.98. The molecule has 0 aliphatic heterocycles. The fourth-order valence-corrected chi connectivity index (χ4v) is 8.20. The van der Waals surface area contributed by atoms with E-state index in [-0.39, 0.29) is 29.9 Å². The summed E-state index contributed by atoms with van der Waals surface area (Å²) in [4.78, 5) is 0. The van der Waals surface area contributed by atoms with Gasteiger partial charge in [-0.15, -0.1) is 0 Å². The van der Waals surface area contributed by atoms with Crippen LogP contribution in [0.5, 0.6) is 0 Å². The molecule has 0 amide bonds. The van der Waals surface area contributed by atoms with Gasteiger partial charge in [0.05, 0.1) is 27.5 Å². The SMILES string of the molecule is [2H]c1c([2H])c(-n2c3ccccc3c3cc4c5c6ccccc6ccc5n(-c5ccc(-c6ccccc6)cc5)c4cc32)c([2H])c([2H])c1-c1cccc2ccccc12. The van der Waals surface area contributed by atoms with Gasteiger partial charge in [-0.2, -0.15) is 0 Å². The van der Waals surface area contributed by atoms with Crippen LogP contribution < -0.4 is 0 Å². The monoisotopic (exact) mass is 664 g/mol. The quantitative estimate of drug-likeness (QED) is 0.177. The minimum atomic E-state index is -0.0836. The third-order valence-corrected chi connectivity index (χ3v) is 10.6. The summed E-state index contributed by atoms with van der Waals surface area (Å²) in [6.45, 7) is 0. The minimum Gasteiger partial charge on any atom is -0.309 e. The summed E-state index contributed by atoms with van der Waals surface area (Å²) in [5, 5.41) is 8.42. The van der Waals surface area contributed by atoms with Crippen LogP contribution in [0.1, 0.15) is 5.48 Å². The highest BCUT2D eigenvalue weighted by molar-refractivity contribution is 6.25. The molecule has 52 heavy (non-hydrogen) atoms. The maximum Gasteiger partial charge on any atom is 0.0645 e. The molecule has 0 atom stereocenters. The first-order valence-corrected chi connectivity index (χ1v) is 17.6. The molecular weight excluding hydrogens is 629 g/mol. The molecule has 0 unspecified atom stereocenters. The molecule has 11 aromatic rings. The number of nitrogens with zero attached hydrogens (tertiary/aromatic N) is 2. The second-order valence-electron chi connectivity index (χ2n) is 13.4. The van der Waals surface area contributed by atoms with E-state index in [4.69, 9.17) is 0 Å². The van der Waals surface area contributed by atoms with Crippen LogP contribution in [0.2, 0.25) is 0 Å². The van der Waals surface area contributed by atoms with E-state index in [2.05, 4.69) is 108 Å². The average molecular weight is 665 g/mol. The van der Waals surface area contributed by atoms with Gasteiger partial charge < -0.3 is 9.13 Å². The maximum atomic E-state index is 9.55. The summed E-state index contributed by atoms with van der Waals surface area (Å²) in [6.07, 6.45) is 0. The van der Waals surface area contributed by atoms with E-state index in [0.29, 0.717) is 11.1 Å². The van der Waals surface area contributed by atoms with Gasteiger partial charge in [0.25, 0.3) is 0 Å². The molecule has 0 saturated heterocycles. The Morgan fingerprint density at radius 1 is 0.327 bits per heavy atom. The Kier molecular flexibility index (Phi) is 5.46. The summed E-state index contributed by atoms with van der Waals surface area (Å²) in [6, 6.07) is 57.8. The van der Waals surface area contributed by atoms with Gasteiger partial charge in [-0.3, -0.25) is 0 Å². The Balaban J connectivity index is 1.23. The Hall–Kier alpha value is -6.90. The normalized spacial score (nSPS) is 12.9. The molecule has 2 heteroatoms. The molecule has 0 aliphatic carbocycles. The first-order chi connectivity index (χ1) is 27.5. The van der Waals surface area contributed by atoms with Crippen LogP contribution >= 0.6 is 0 Å². The minimum absolute atomic E-state index is 0.0662. The van der Waals surface area contributed by atoms with Crippen molar-refractivity contribution < 1.29 is 5.48 Å². The number of rotatable bonds is 4. The van der Waals surface area contributed by atoms with Crippen molar-refractivity contribution in [3.63, 3.8) is 0 Å². The Morgan fingerprint density at radius 3 is 1.75 bits per heavy atom. The molecule has 0 radical (unpaired) electrons. The number of hydrogen-bond acceptors (Lipinski definition) is 0. The Bertz CT molecular complexity index is 3360. The van der Waals surface area contributed by atoms with Crippen LogP contribution in [0.4, 0.5) is 0 Å². The lowest BCUT2D eigenvalue weighted by Gasteiger charge is -2.12. The van der Waals surface area contributed by atoms with E-state index in [0.717, 1.165) is 76.6 Å². The lowest BCUT2D eigenvalue weighted by molar-refractivity contribution is 1.17. The van der Waals surface area contributed by atoms with E-state index in [1.807, 2.05) is 71.3 Å². The van der Waals surface area contributed by atoms with Crippen molar-refractivity contribution in [1.82, 2.24) is 9.13 Å². The largest absolute Gasteiger partial charge is 0.309 e. The first-order valence-electron chi connectivity index (χ1n) is 19.6. The van der Waals surface area contributed by atoms with Crippen LogP contribution in [-0.4, -0.2) is 9.13 Å². The van der Waals surface area contributed by atoms with Gasteiger partial charge in [0.2, 0.25) is 0 Å². The van der Waals surface area contributed by atoms with Gasteiger partial charge in [-0.1, -0.05) is 146 Å². The van der Waals surface area contributed by atoms with Crippen LogP contribution in [-0.2, 0) is 0 Å². The summed E-state index contributed by atoms with van der Waals surface area (Å²) < 4.78 is 42.2. The Labute approximate surface area is 306 Å². The molecule has 11 rings (SSSR count). The van der Waals surface area contributed by atoms with Crippen molar-refractivity contribution in [2.75, 3.05) is 0 Å². The van der Waals surface area contributed by atoms with Crippen molar-refractivity contribution in [2.45, 2.75) is 0 Å². The molecule has 0 bridgehead atoms. The zero-order valence-corrected chi connectivity index (χ0v) is 28.1. The predicted molar refractivity (Wildman–Crippen MR) is 221 cm³/mol. The van der Waals surface area contributed by atoms with Crippen LogP contribution in [0.25, 0.3) is 98.8 Å². The summed E-state index contributed by atoms with van der Waals surface area (Å²) >= 11 is 0. The highest BCUT2D eigenvalue weighted by Gasteiger charge is 2.20. The van der Waals surface area contributed by atoms with Crippen molar-refractivity contribution in [2.24, 2.45) is 0 Å². The highest BCUT2D eigenvalue weighted by atomic mass is 15.0. The molecule has 242 valence electrons. The molecule has 9 aromatic carbocycles. The number of benzene rings is 9. The molecule has 2 aromatic heterocycles. The second-order valence-corrected chi connectivity index (χ2v) is 13.4. The average Bonchev–Trinajstić information content (AvgIpc) is 3.75.